The summed E-state index contributed by atoms with van der Waals surface area (Å²) in [7, 11) is -3.05. The van der Waals surface area contributed by atoms with Gasteiger partial charge in [0.15, 0.2) is 0 Å². The van der Waals surface area contributed by atoms with Gasteiger partial charge in [0.25, 0.3) is 0 Å². The number of hydrogen-bond donors (Lipinski definition) is 2. The van der Waals surface area contributed by atoms with Gasteiger partial charge in [0.1, 0.15) is 0 Å². The van der Waals surface area contributed by atoms with Crippen molar-refractivity contribution in [3.8, 4) is 0 Å². The SMILES string of the molecule is CC(C)CCS(=O)(=O)NCCCCCN. The van der Waals surface area contributed by atoms with Crippen molar-refractivity contribution in [1.29, 1.82) is 0 Å². The first-order valence-electron chi connectivity index (χ1n) is 5.65. The van der Waals surface area contributed by atoms with E-state index in [4.69, 9.17) is 5.73 Å². The fourth-order valence-corrected chi connectivity index (χ4v) is 2.52. The van der Waals surface area contributed by atoms with E-state index in [-0.39, 0.29) is 5.75 Å². The molecule has 0 atom stereocenters. The van der Waals surface area contributed by atoms with E-state index in [9.17, 15) is 8.42 Å². The molecule has 5 heteroatoms. The Balaban J connectivity index is 3.56. The van der Waals surface area contributed by atoms with E-state index < -0.39 is 10.0 Å². The molecular weight excluding hydrogens is 212 g/mol. The molecule has 0 bridgehead atoms. The molecule has 3 N–H and O–H groups in total. The molecule has 0 aromatic heterocycles. The Morgan fingerprint density at radius 3 is 2.40 bits per heavy atom. The normalized spacial score (nSPS) is 12.3. The molecule has 0 heterocycles. The van der Waals surface area contributed by atoms with Gasteiger partial charge < -0.3 is 5.73 Å². The number of nitrogens with two attached hydrogens (primary N) is 1. The summed E-state index contributed by atoms with van der Waals surface area (Å²) in [5.74, 6) is 0.667. The summed E-state index contributed by atoms with van der Waals surface area (Å²) in [5, 5.41) is 0. The summed E-state index contributed by atoms with van der Waals surface area (Å²) in [6.45, 7) is 5.27. The smallest absolute Gasteiger partial charge is 0.211 e. The van der Waals surface area contributed by atoms with Gasteiger partial charge in [-0.15, -0.1) is 0 Å². The van der Waals surface area contributed by atoms with E-state index in [2.05, 4.69) is 4.72 Å². The first-order chi connectivity index (χ1) is 6.98. The van der Waals surface area contributed by atoms with Crippen LogP contribution in [0.4, 0.5) is 0 Å². The second-order valence-electron chi connectivity index (χ2n) is 4.25. The fourth-order valence-electron chi connectivity index (χ4n) is 1.14. The molecule has 0 aromatic carbocycles. The molecule has 0 amide bonds. The van der Waals surface area contributed by atoms with E-state index in [0.29, 0.717) is 19.0 Å². The molecule has 0 fully saturated rings. The average molecular weight is 236 g/mol. The second-order valence-corrected chi connectivity index (χ2v) is 6.17. The van der Waals surface area contributed by atoms with Gasteiger partial charge in [0.2, 0.25) is 10.0 Å². The fraction of sp³-hybridized carbons (Fsp3) is 1.00. The van der Waals surface area contributed by atoms with Crippen molar-refractivity contribution in [1.82, 2.24) is 4.72 Å². The molecule has 0 aromatic rings. The summed E-state index contributed by atoms with van der Waals surface area (Å²) in [5.41, 5.74) is 5.34. The zero-order chi connectivity index (χ0) is 11.7. The van der Waals surface area contributed by atoms with Crippen molar-refractivity contribution in [2.45, 2.75) is 39.5 Å². The van der Waals surface area contributed by atoms with Crippen LogP contribution < -0.4 is 10.5 Å². The first kappa shape index (κ1) is 14.9. The Kier molecular flexibility index (Phi) is 8.00. The van der Waals surface area contributed by atoms with E-state index in [1.807, 2.05) is 13.8 Å². The zero-order valence-corrected chi connectivity index (χ0v) is 10.6. The lowest BCUT2D eigenvalue weighted by atomic mass is 10.2. The third-order valence-corrected chi connectivity index (χ3v) is 3.58. The molecule has 0 aliphatic heterocycles. The summed E-state index contributed by atoms with van der Waals surface area (Å²) in [6, 6.07) is 0. The highest BCUT2D eigenvalue weighted by Crippen LogP contribution is 2.02. The molecule has 0 unspecified atom stereocenters. The molecule has 0 rings (SSSR count). The molecule has 15 heavy (non-hydrogen) atoms. The van der Waals surface area contributed by atoms with Crippen LogP contribution in [0.1, 0.15) is 39.5 Å². The molecule has 0 radical (unpaired) electrons. The van der Waals surface area contributed by atoms with Crippen LogP contribution in [0.25, 0.3) is 0 Å². The maximum atomic E-state index is 11.4. The van der Waals surface area contributed by atoms with Crippen LogP contribution in [0.2, 0.25) is 0 Å². The molecule has 0 saturated carbocycles. The third-order valence-electron chi connectivity index (χ3n) is 2.17. The van der Waals surface area contributed by atoms with E-state index in [1.54, 1.807) is 0 Å². The maximum Gasteiger partial charge on any atom is 0.211 e. The molecule has 0 spiro atoms. The monoisotopic (exact) mass is 236 g/mol. The molecule has 0 aliphatic carbocycles. The van der Waals surface area contributed by atoms with Gasteiger partial charge in [-0.2, -0.15) is 0 Å². The van der Waals surface area contributed by atoms with Crippen LogP contribution in [0.5, 0.6) is 0 Å². The Bertz CT molecular complexity index is 238. The summed E-state index contributed by atoms with van der Waals surface area (Å²) in [4.78, 5) is 0. The lowest BCUT2D eigenvalue weighted by Gasteiger charge is -2.07. The largest absolute Gasteiger partial charge is 0.330 e. The van der Waals surface area contributed by atoms with Crippen LogP contribution in [-0.2, 0) is 10.0 Å². The predicted molar refractivity (Wildman–Crippen MR) is 64.1 cm³/mol. The molecule has 0 aliphatic rings. The van der Waals surface area contributed by atoms with Crippen LogP contribution in [0, 0.1) is 5.92 Å². The molecule has 92 valence electrons. The lowest BCUT2D eigenvalue weighted by Crippen LogP contribution is -2.28. The van der Waals surface area contributed by atoms with Crippen molar-refractivity contribution < 1.29 is 8.42 Å². The average Bonchev–Trinajstić information content (AvgIpc) is 2.15. The minimum absolute atomic E-state index is 0.238. The highest BCUT2D eigenvalue weighted by Gasteiger charge is 2.09. The van der Waals surface area contributed by atoms with Crippen molar-refractivity contribution >= 4 is 10.0 Å². The second kappa shape index (κ2) is 8.07. The quantitative estimate of drug-likeness (QED) is 0.588. The van der Waals surface area contributed by atoms with Crippen molar-refractivity contribution in [3.63, 3.8) is 0 Å². The topological polar surface area (TPSA) is 72.2 Å². The van der Waals surface area contributed by atoms with Crippen LogP contribution in [0.15, 0.2) is 0 Å². The minimum atomic E-state index is -3.05. The Hall–Kier alpha value is -0.130. The minimum Gasteiger partial charge on any atom is -0.330 e. The molecule has 0 saturated heterocycles. The van der Waals surface area contributed by atoms with Gasteiger partial charge in [0.05, 0.1) is 5.75 Å². The number of hydrogen-bond acceptors (Lipinski definition) is 3. The van der Waals surface area contributed by atoms with Gasteiger partial charge in [-0.1, -0.05) is 20.3 Å². The number of sulfonamides is 1. The lowest BCUT2D eigenvalue weighted by molar-refractivity contribution is 0.557. The van der Waals surface area contributed by atoms with Gasteiger partial charge in [0, 0.05) is 6.54 Å². The highest BCUT2D eigenvalue weighted by molar-refractivity contribution is 7.89. The van der Waals surface area contributed by atoms with Crippen LogP contribution in [-0.4, -0.2) is 27.3 Å². The van der Waals surface area contributed by atoms with Gasteiger partial charge in [-0.25, -0.2) is 13.1 Å². The number of unbranched alkanes of at least 4 members (excludes halogenated alkanes) is 2. The number of nitrogens with one attached hydrogen (secondary N) is 1. The van der Waals surface area contributed by atoms with Crippen LogP contribution >= 0.6 is 0 Å². The van der Waals surface area contributed by atoms with Crippen molar-refractivity contribution in [3.05, 3.63) is 0 Å². The van der Waals surface area contributed by atoms with Gasteiger partial charge in [-0.05, 0) is 31.7 Å². The maximum absolute atomic E-state index is 11.4. The van der Waals surface area contributed by atoms with E-state index >= 15 is 0 Å². The van der Waals surface area contributed by atoms with E-state index in [1.165, 1.54) is 0 Å². The summed E-state index contributed by atoms with van der Waals surface area (Å²) >= 11 is 0. The van der Waals surface area contributed by atoms with Crippen LogP contribution in [0.3, 0.4) is 0 Å². The Labute approximate surface area is 93.7 Å². The van der Waals surface area contributed by atoms with Crippen molar-refractivity contribution in [2.24, 2.45) is 11.7 Å². The number of rotatable bonds is 9. The van der Waals surface area contributed by atoms with Gasteiger partial charge in [-0.3, -0.25) is 0 Å². The van der Waals surface area contributed by atoms with E-state index in [0.717, 1.165) is 25.7 Å². The first-order valence-corrected chi connectivity index (χ1v) is 7.30. The molecular formula is C10H24N2O2S. The summed E-state index contributed by atoms with van der Waals surface area (Å²) in [6.07, 6.45) is 3.55. The third kappa shape index (κ3) is 10.2. The highest BCUT2D eigenvalue weighted by atomic mass is 32.2. The molecule has 4 nitrogen and oxygen atoms in total. The standard InChI is InChI=1S/C10H24N2O2S/c1-10(2)6-9-15(13,14)12-8-5-3-4-7-11/h10,12H,3-9,11H2,1-2H3. The zero-order valence-electron chi connectivity index (χ0n) is 9.83. The predicted octanol–water partition coefficient (Wildman–Crippen LogP) is 1.08. The Morgan fingerprint density at radius 2 is 1.87 bits per heavy atom. The summed E-state index contributed by atoms with van der Waals surface area (Å²) < 4.78 is 25.5. The Morgan fingerprint density at radius 1 is 1.20 bits per heavy atom. The van der Waals surface area contributed by atoms with Gasteiger partial charge >= 0.3 is 0 Å². The van der Waals surface area contributed by atoms with Crippen molar-refractivity contribution in [2.75, 3.05) is 18.8 Å².